The first-order valence-electron chi connectivity index (χ1n) is 7.41. The fourth-order valence-corrected chi connectivity index (χ4v) is 2.53. The average molecular weight is 357 g/mol. The molecule has 130 valence electrons. The van der Waals surface area contributed by atoms with Crippen LogP contribution in [0.3, 0.4) is 0 Å². The van der Waals surface area contributed by atoms with Crippen LogP contribution in [0.2, 0.25) is 0 Å². The lowest BCUT2D eigenvalue weighted by Gasteiger charge is -2.09. The van der Waals surface area contributed by atoms with Crippen LogP contribution < -0.4 is 10.5 Å². The van der Waals surface area contributed by atoms with Gasteiger partial charge in [-0.05, 0) is 24.3 Å². The minimum Gasteiger partial charge on any atom is -0.454 e. The summed E-state index contributed by atoms with van der Waals surface area (Å²) in [6.07, 6.45) is 1.25. The van der Waals surface area contributed by atoms with E-state index in [4.69, 9.17) is 10.5 Å². The third-order valence-electron chi connectivity index (χ3n) is 3.73. The molecule has 0 radical (unpaired) electrons. The van der Waals surface area contributed by atoms with E-state index in [-0.39, 0.29) is 22.9 Å². The first kappa shape index (κ1) is 15.9. The number of H-pyrrole nitrogens is 1. The van der Waals surface area contributed by atoms with Crippen molar-refractivity contribution < 1.29 is 17.9 Å². The minimum absolute atomic E-state index is 0.00351. The van der Waals surface area contributed by atoms with Crippen LogP contribution in [-0.4, -0.2) is 20.2 Å². The van der Waals surface area contributed by atoms with Crippen molar-refractivity contribution in [2.45, 2.75) is 0 Å². The van der Waals surface area contributed by atoms with Gasteiger partial charge in [0.05, 0.1) is 11.1 Å². The molecule has 2 aromatic carbocycles. The summed E-state index contributed by atoms with van der Waals surface area (Å²) in [5, 5.41) is 7.02. The standard InChI is InChI=1S/C17H10F3N5O/c18-10-2-1-3-12(14(10)20)26-8-4-5-9(11(19)6-8)15-13-16(21)22-7-23-17(13)25-24-15/h1-7H,(H3,21,22,23,24,25). The third kappa shape index (κ3) is 2.59. The van der Waals surface area contributed by atoms with E-state index in [0.717, 1.165) is 12.1 Å². The molecule has 9 heteroatoms. The zero-order valence-corrected chi connectivity index (χ0v) is 13.0. The van der Waals surface area contributed by atoms with Gasteiger partial charge in [0.2, 0.25) is 5.82 Å². The maximum absolute atomic E-state index is 14.6. The Bertz CT molecular complexity index is 1130. The second kappa shape index (κ2) is 6.03. The Balaban J connectivity index is 1.73. The molecule has 0 aliphatic heterocycles. The largest absolute Gasteiger partial charge is 0.454 e. The lowest BCUT2D eigenvalue weighted by atomic mass is 10.1. The summed E-state index contributed by atoms with van der Waals surface area (Å²) in [6, 6.07) is 7.35. The molecule has 4 rings (SSSR count). The van der Waals surface area contributed by atoms with Crippen LogP contribution >= 0.6 is 0 Å². The molecule has 0 saturated heterocycles. The predicted octanol–water partition coefficient (Wildman–Crippen LogP) is 3.81. The summed E-state index contributed by atoms with van der Waals surface area (Å²) in [6.45, 7) is 0. The molecule has 0 bridgehead atoms. The SMILES string of the molecule is Nc1ncnc2n[nH]c(-c3ccc(Oc4cccc(F)c4F)cc3F)c12. The Morgan fingerprint density at radius 3 is 2.65 bits per heavy atom. The Kier molecular flexibility index (Phi) is 3.68. The lowest BCUT2D eigenvalue weighted by Crippen LogP contribution is -1.95. The molecule has 6 nitrogen and oxygen atoms in total. The van der Waals surface area contributed by atoms with Crippen molar-refractivity contribution in [1.82, 2.24) is 20.2 Å². The molecule has 2 heterocycles. The summed E-state index contributed by atoms with van der Waals surface area (Å²) in [4.78, 5) is 7.82. The normalized spacial score (nSPS) is 11.0. The number of hydrogen-bond donors (Lipinski definition) is 2. The zero-order chi connectivity index (χ0) is 18.3. The van der Waals surface area contributed by atoms with E-state index < -0.39 is 17.5 Å². The number of aromatic nitrogens is 4. The van der Waals surface area contributed by atoms with Crippen molar-refractivity contribution >= 4 is 16.9 Å². The zero-order valence-electron chi connectivity index (χ0n) is 13.0. The minimum atomic E-state index is -1.15. The highest BCUT2D eigenvalue weighted by Crippen LogP contribution is 2.33. The van der Waals surface area contributed by atoms with Gasteiger partial charge in [0, 0.05) is 11.6 Å². The number of rotatable bonds is 3. The smallest absolute Gasteiger partial charge is 0.201 e. The van der Waals surface area contributed by atoms with E-state index in [1.165, 1.54) is 30.6 Å². The van der Waals surface area contributed by atoms with Gasteiger partial charge in [-0.2, -0.15) is 9.49 Å². The summed E-state index contributed by atoms with van der Waals surface area (Å²) in [7, 11) is 0. The summed E-state index contributed by atoms with van der Waals surface area (Å²) in [5.41, 5.74) is 6.57. The van der Waals surface area contributed by atoms with Gasteiger partial charge in [0.1, 0.15) is 23.7 Å². The molecule has 0 aliphatic carbocycles. The fraction of sp³-hybridized carbons (Fsp3) is 0. The predicted molar refractivity (Wildman–Crippen MR) is 87.9 cm³/mol. The molecule has 4 aromatic rings. The van der Waals surface area contributed by atoms with Gasteiger partial charge in [-0.1, -0.05) is 6.07 Å². The van der Waals surface area contributed by atoms with Crippen molar-refractivity contribution in [2.75, 3.05) is 5.73 Å². The van der Waals surface area contributed by atoms with Gasteiger partial charge >= 0.3 is 0 Å². The van der Waals surface area contributed by atoms with E-state index in [0.29, 0.717) is 16.7 Å². The Morgan fingerprint density at radius 1 is 1.00 bits per heavy atom. The number of nitrogens with two attached hydrogens (primary N) is 1. The van der Waals surface area contributed by atoms with Crippen molar-refractivity contribution in [3.63, 3.8) is 0 Å². The van der Waals surface area contributed by atoms with E-state index in [1.54, 1.807) is 0 Å². The van der Waals surface area contributed by atoms with E-state index >= 15 is 0 Å². The van der Waals surface area contributed by atoms with Crippen molar-refractivity contribution in [3.05, 3.63) is 60.2 Å². The number of nitrogens with zero attached hydrogens (tertiary/aromatic N) is 3. The molecule has 3 N–H and O–H groups in total. The van der Waals surface area contributed by atoms with Crippen molar-refractivity contribution in [3.8, 4) is 22.8 Å². The number of aromatic amines is 1. The van der Waals surface area contributed by atoms with Crippen molar-refractivity contribution in [1.29, 1.82) is 0 Å². The summed E-state index contributed by atoms with van der Waals surface area (Å²) >= 11 is 0. The van der Waals surface area contributed by atoms with Crippen LogP contribution in [-0.2, 0) is 0 Å². The molecule has 0 spiro atoms. The molecule has 0 unspecified atom stereocenters. The maximum Gasteiger partial charge on any atom is 0.201 e. The Labute approximate surface area is 144 Å². The monoisotopic (exact) mass is 357 g/mol. The highest BCUT2D eigenvalue weighted by molar-refractivity contribution is 5.97. The molecule has 2 aromatic heterocycles. The van der Waals surface area contributed by atoms with Crippen LogP contribution in [0, 0.1) is 17.5 Å². The highest BCUT2D eigenvalue weighted by Gasteiger charge is 2.17. The molecule has 0 aliphatic rings. The topological polar surface area (TPSA) is 89.7 Å². The number of benzene rings is 2. The van der Waals surface area contributed by atoms with Crippen LogP contribution in [0.4, 0.5) is 19.0 Å². The molecular weight excluding hydrogens is 347 g/mol. The first-order chi connectivity index (χ1) is 12.5. The summed E-state index contributed by atoms with van der Waals surface area (Å²) < 4.78 is 46.7. The van der Waals surface area contributed by atoms with Gasteiger partial charge in [0.25, 0.3) is 0 Å². The molecule has 0 saturated carbocycles. The number of anilines is 1. The Morgan fingerprint density at radius 2 is 1.85 bits per heavy atom. The van der Waals surface area contributed by atoms with E-state index in [1.807, 2.05) is 0 Å². The van der Waals surface area contributed by atoms with Crippen LogP contribution in [0.1, 0.15) is 0 Å². The van der Waals surface area contributed by atoms with Gasteiger partial charge in [-0.25, -0.2) is 18.7 Å². The number of ether oxygens (including phenoxy) is 1. The molecule has 26 heavy (non-hydrogen) atoms. The Hall–Kier alpha value is -3.62. The van der Waals surface area contributed by atoms with E-state index in [2.05, 4.69) is 20.2 Å². The molecule has 0 fully saturated rings. The van der Waals surface area contributed by atoms with Gasteiger partial charge in [-0.15, -0.1) is 0 Å². The number of fused-ring (bicyclic) bond motifs is 1. The van der Waals surface area contributed by atoms with Gasteiger partial charge in [-0.3, -0.25) is 5.10 Å². The molecule has 0 atom stereocenters. The fourth-order valence-electron chi connectivity index (χ4n) is 2.53. The number of hydrogen-bond acceptors (Lipinski definition) is 5. The lowest BCUT2D eigenvalue weighted by molar-refractivity contribution is 0.414. The number of nitrogen functional groups attached to an aromatic ring is 1. The van der Waals surface area contributed by atoms with E-state index in [9.17, 15) is 13.2 Å². The second-order valence-corrected chi connectivity index (χ2v) is 5.35. The summed E-state index contributed by atoms with van der Waals surface area (Å²) in [5.74, 6) is -3.07. The van der Waals surface area contributed by atoms with Gasteiger partial charge in [0.15, 0.2) is 17.2 Å². The quantitative estimate of drug-likeness (QED) is 0.582. The first-order valence-corrected chi connectivity index (χ1v) is 7.41. The molecular formula is C17H10F3N5O. The number of nitrogens with one attached hydrogen (secondary N) is 1. The third-order valence-corrected chi connectivity index (χ3v) is 3.73. The van der Waals surface area contributed by atoms with Gasteiger partial charge < -0.3 is 10.5 Å². The average Bonchev–Trinajstić information content (AvgIpc) is 3.04. The highest BCUT2D eigenvalue weighted by atomic mass is 19.2. The van der Waals surface area contributed by atoms with Crippen LogP contribution in [0.15, 0.2) is 42.7 Å². The van der Waals surface area contributed by atoms with Crippen molar-refractivity contribution in [2.24, 2.45) is 0 Å². The molecule has 0 amide bonds. The second-order valence-electron chi connectivity index (χ2n) is 5.35. The maximum atomic E-state index is 14.6. The van der Waals surface area contributed by atoms with Crippen LogP contribution in [0.25, 0.3) is 22.3 Å². The number of halogens is 3. The van der Waals surface area contributed by atoms with Crippen LogP contribution in [0.5, 0.6) is 11.5 Å².